The molecular formula is C16H18N4O3S. The van der Waals surface area contributed by atoms with Gasteiger partial charge < -0.3 is 9.64 Å². The average Bonchev–Trinajstić information content (AvgIpc) is 2.61. The Morgan fingerprint density at radius 2 is 2.12 bits per heavy atom. The van der Waals surface area contributed by atoms with E-state index >= 15 is 0 Å². The first-order chi connectivity index (χ1) is 11.5. The zero-order chi connectivity index (χ0) is 17.6. The minimum absolute atomic E-state index is 0.00416. The maximum atomic E-state index is 12.4. The molecule has 2 aromatic rings. The van der Waals surface area contributed by atoms with Gasteiger partial charge in [0.15, 0.2) is 0 Å². The molecule has 0 aliphatic carbocycles. The van der Waals surface area contributed by atoms with Gasteiger partial charge in [-0.3, -0.25) is 0 Å². The molecule has 2 rings (SSSR count). The summed E-state index contributed by atoms with van der Waals surface area (Å²) >= 11 is 0. The Bertz CT molecular complexity index is 832. The molecule has 126 valence electrons. The van der Waals surface area contributed by atoms with Gasteiger partial charge in [-0.25, -0.2) is 18.1 Å². The van der Waals surface area contributed by atoms with Gasteiger partial charge in [-0.05, 0) is 30.3 Å². The molecule has 1 N–H and O–H groups in total. The topological polar surface area (TPSA) is 95.3 Å². The first-order valence-electron chi connectivity index (χ1n) is 7.18. The van der Waals surface area contributed by atoms with E-state index in [0.29, 0.717) is 12.1 Å². The highest BCUT2D eigenvalue weighted by Gasteiger charge is 2.19. The third-order valence-corrected chi connectivity index (χ3v) is 4.86. The average molecular weight is 346 g/mol. The summed E-state index contributed by atoms with van der Waals surface area (Å²) in [6.45, 7) is 0.660. The van der Waals surface area contributed by atoms with E-state index < -0.39 is 10.0 Å². The largest absolute Gasteiger partial charge is 0.495 e. The molecule has 0 radical (unpaired) electrons. The maximum Gasteiger partial charge on any atom is 0.244 e. The van der Waals surface area contributed by atoms with E-state index in [2.05, 4.69) is 9.71 Å². The van der Waals surface area contributed by atoms with E-state index in [-0.39, 0.29) is 17.2 Å². The number of ether oxygens (including phenoxy) is 1. The van der Waals surface area contributed by atoms with Gasteiger partial charge in [0.25, 0.3) is 0 Å². The Morgan fingerprint density at radius 1 is 1.33 bits per heavy atom. The molecule has 1 aromatic carbocycles. The molecule has 0 saturated heterocycles. The van der Waals surface area contributed by atoms with Crippen LogP contribution in [0.3, 0.4) is 0 Å². The fourth-order valence-electron chi connectivity index (χ4n) is 2.08. The highest BCUT2D eigenvalue weighted by Crippen LogP contribution is 2.24. The molecule has 1 aromatic heterocycles. The van der Waals surface area contributed by atoms with Crippen LogP contribution in [0.15, 0.2) is 47.5 Å². The second-order valence-electron chi connectivity index (χ2n) is 4.98. The molecule has 0 aliphatic heterocycles. The van der Waals surface area contributed by atoms with Crippen LogP contribution in [0.4, 0.5) is 5.82 Å². The highest BCUT2D eigenvalue weighted by atomic mass is 32.2. The van der Waals surface area contributed by atoms with Crippen molar-refractivity contribution >= 4 is 15.8 Å². The molecule has 0 bridgehead atoms. The number of nitriles is 1. The van der Waals surface area contributed by atoms with Crippen LogP contribution < -0.4 is 14.4 Å². The van der Waals surface area contributed by atoms with Gasteiger partial charge in [0.1, 0.15) is 16.5 Å². The maximum absolute atomic E-state index is 12.4. The predicted octanol–water partition coefficient (Wildman–Crippen LogP) is 1.38. The Labute approximate surface area is 141 Å². The minimum atomic E-state index is -3.74. The van der Waals surface area contributed by atoms with Crippen LogP contribution >= 0.6 is 0 Å². The first-order valence-corrected chi connectivity index (χ1v) is 8.66. The van der Waals surface area contributed by atoms with Crippen molar-refractivity contribution in [2.45, 2.75) is 4.90 Å². The van der Waals surface area contributed by atoms with Gasteiger partial charge in [-0.2, -0.15) is 5.26 Å². The summed E-state index contributed by atoms with van der Waals surface area (Å²) in [4.78, 5) is 6.05. The van der Waals surface area contributed by atoms with Gasteiger partial charge in [-0.1, -0.05) is 6.07 Å². The van der Waals surface area contributed by atoms with E-state index in [0.717, 1.165) is 5.82 Å². The number of hydrogen-bond acceptors (Lipinski definition) is 6. The van der Waals surface area contributed by atoms with Crippen LogP contribution in [0, 0.1) is 11.3 Å². The normalized spacial score (nSPS) is 10.9. The van der Waals surface area contributed by atoms with E-state index in [9.17, 15) is 8.42 Å². The Balaban J connectivity index is 2.05. The van der Waals surface area contributed by atoms with E-state index in [1.165, 1.54) is 25.3 Å². The molecule has 0 spiro atoms. The Kier molecular flexibility index (Phi) is 5.73. The van der Waals surface area contributed by atoms with Crippen molar-refractivity contribution in [1.29, 1.82) is 5.26 Å². The second-order valence-corrected chi connectivity index (χ2v) is 6.72. The number of likely N-dealkylation sites (N-methyl/N-ethyl adjacent to an activating group) is 1. The molecule has 24 heavy (non-hydrogen) atoms. The van der Waals surface area contributed by atoms with Gasteiger partial charge >= 0.3 is 0 Å². The number of sulfonamides is 1. The van der Waals surface area contributed by atoms with Crippen LogP contribution in [0.1, 0.15) is 5.56 Å². The SMILES string of the molecule is COc1cc(C#N)ccc1S(=O)(=O)NCCN(C)c1ccccn1. The number of methoxy groups -OCH3 is 1. The van der Waals surface area contributed by atoms with Gasteiger partial charge in [0, 0.05) is 26.3 Å². The zero-order valence-electron chi connectivity index (χ0n) is 13.4. The van der Waals surface area contributed by atoms with Gasteiger partial charge in [-0.15, -0.1) is 0 Å². The lowest BCUT2D eigenvalue weighted by Gasteiger charge is -2.18. The van der Waals surface area contributed by atoms with Gasteiger partial charge in [0.2, 0.25) is 10.0 Å². The van der Waals surface area contributed by atoms with Crippen LogP contribution in [-0.2, 0) is 10.0 Å². The lowest BCUT2D eigenvalue weighted by atomic mass is 10.2. The highest BCUT2D eigenvalue weighted by molar-refractivity contribution is 7.89. The van der Waals surface area contributed by atoms with Crippen molar-refractivity contribution in [3.05, 3.63) is 48.2 Å². The smallest absolute Gasteiger partial charge is 0.244 e. The number of aromatic nitrogens is 1. The Hall–Kier alpha value is -2.63. The molecule has 0 saturated carbocycles. The zero-order valence-corrected chi connectivity index (χ0v) is 14.2. The standard InChI is InChI=1S/C16H18N4O3S/c1-20(16-5-3-4-8-18-16)10-9-19-24(21,22)15-7-6-13(12-17)11-14(15)23-2/h3-8,11,19H,9-10H2,1-2H3. The van der Waals surface area contributed by atoms with Crippen LogP contribution in [-0.4, -0.2) is 40.6 Å². The molecular weight excluding hydrogens is 328 g/mol. The van der Waals surface area contributed by atoms with Crippen LogP contribution in [0.25, 0.3) is 0 Å². The number of hydrogen-bond donors (Lipinski definition) is 1. The van der Waals surface area contributed by atoms with E-state index in [4.69, 9.17) is 10.00 Å². The summed E-state index contributed by atoms with van der Waals surface area (Å²) in [5.41, 5.74) is 0.334. The molecule has 0 aliphatic rings. The predicted molar refractivity (Wildman–Crippen MR) is 90.4 cm³/mol. The number of pyridine rings is 1. The lowest BCUT2D eigenvalue weighted by Crippen LogP contribution is -2.33. The van der Waals surface area contributed by atoms with E-state index in [1.54, 1.807) is 6.20 Å². The molecule has 0 amide bonds. The summed E-state index contributed by atoms with van der Waals surface area (Å²) in [5.74, 6) is 0.896. The fourth-order valence-corrected chi connectivity index (χ4v) is 3.25. The van der Waals surface area contributed by atoms with Crippen LogP contribution in [0.5, 0.6) is 5.75 Å². The minimum Gasteiger partial charge on any atom is -0.495 e. The summed E-state index contributed by atoms with van der Waals surface area (Å²) in [5, 5.41) is 8.88. The molecule has 1 heterocycles. The van der Waals surface area contributed by atoms with Crippen LogP contribution in [0.2, 0.25) is 0 Å². The monoisotopic (exact) mass is 346 g/mol. The molecule has 8 heteroatoms. The van der Waals surface area contributed by atoms with Gasteiger partial charge in [0.05, 0.1) is 18.7 Å². The second kappa shape index (κ2) is 7.77. The number of benzene rings is 1. The van der Waals surface area contributed by atoms with E-state index in [1.807, 2.05) is 36.2 Å². The van der Waals surface area contributed by atoms with Crippen molar-refractivity contribution in [2.75, 3.05) is 32.1 Å². The summed E-state index contributed by atoms with van der Waals surface area (Å²) < 4.78 is 32.5. The van der Waals surface area contributed by atoms with Crippen molar-refractivity contribution < 1.29 is 13.2 Å². The summed E-state index contributed by atoms with van der Waals surface area (Å²) in [6, 6.07) is 11.7. The number of nitrogens with zero attached hydrogens (tertiary/aromatic N) is 3. The molecule has 0 fully saturated rings. The molecule has 0 unspecified atom stereocenters. The number of anilines is 1. The number of nitrogens with one attached hydrogen (secondary N) is 1. The summed E-state index contributed by atoms with van der Waals surface area (Å²) in [7, 11) is -0.540. The summed E-state index contributed by atoms with van der Waals surface area (Å²) in [6.07, 6.45) is 1.68. The lowest BCUT2D eigenvalue weighted by molar-refractivity contribution is 0.402. The third kappa shape index (κ3) is 4.22. The van der Waals surface area contributed by atoms with Crippen molar-refractivity contribution in [1.82, 2.24) is 9.71 Å². The number of rotatable bonds is 7. The third-order valence-electron chi connectivity index (χ3n) is 3.36. The quantitative estimate of drug-likeness (QED) is 0.814. The van der Waals surface area contributed by atoms with Crippen molar-refractivity contribution in [3.8, 4) is 11.8 Å². The van der Waals surface area contributed by atoms with Crippen molar-refractivity contribution in [3.63, 3.8) is 0 Å². The fraction of sp³-hybridized carbons (Fsp3) is 0.250. The molecule has 0 atom stereocenters. The van der Waals surface area contributed by atoms with Crippen molar-refractivity contribution in [2.24, 2.45) is 0 Å². The molecule has 7 nitrogen and oxygen atoms in total. The Morgan fingerprint density at radius 3 is 2.75 bits per heavy atom. The first kappa shape index (κ1) is 17.7.